The second kappa shape index (κ2) is 9.94. The zero-order chi connectivity index (χ0) is 23.5. The number of ether oxygens (including phenoxy) is 2. The van der Waals surface area contributed by atoms with Crippen LogP contribution in [-0.2, 0) is 16.6 Å². The average molecular weight is 492 g/mol. The molecule has 32 heavy (non-hydrogen) atoms. The van der Waals surface area contributed by atoms with Gasteiger partial charge < -0.3 is 9.47 Å². The van der Waals surface area contributed by atoms with E-state index in [-0.39, 0.29) is 35.8 Å². The lowest BCUT2D eigenvalue weighted by molar-refractivity contribution is -0.385. The Labute approximate surface area is 188 Å². The second-order valence-electron chi connectivity index (χ2n) is 6.91. The van der Waals surface area contributed by atoms with Crippen LogP contribution in [0.3, 0.4) is 0 Å². The van der Waals surface area contributed by atoms with Crippen molar-refractivity contribution in [2.24, 2.45) is 0 Å². The fourth-order valence-electron chi connectivity index (χ4n) is 3.38. The van der Waals surface area contributed by atoms with E-state index in [1.165, 1.54) is 29.6 Å². The molecule has 1 aliphatic heterocycles. The van der Waals surface area contributed by atoms with Crippen molar-refractivity contribution in [2.45, 2.75) is 18.1 Å². The molecule has 3 rings (SSSR count). The SMILES string of the molecule is COc1cc(CN2CCN(S(=O)(=O)c3cccc(Cl)c3)CC2)c([N+](=O)[O-])cc1OC(F)F. The molecule has 0 amide bonds. The van der Waals surface area contributed by atoms with Gasteiger partial charge in [-0.3, -0.25) is 15.0 Å². The summed E-state index contributed by atoms with van der Waals surface area (Å²) >= 11 is 5.90. The molecule has 1 heterocycles. The van der Waals surface area contributed by atoms with Crippen LogP contribution in [0.1, 0.15) is 5.56 Å². The summed E-state index contributed by atoms with van der Waals surface area (Å²) in [5.74, 6) is -0.497. The zero-order valence-electron chi connectivity index (χ0n) is 16.9. The van der Waals surface area contributed by atoms with Crippen molar-refractivity contribution in [1.82, 2.24) is 9.21 Å². The first-order chi connectivity index (χ1) is 15.1. The molecule has 2 aromatic carbocycles. The Balaban J connectivity index is 1.75. The first-order valence-electron chi connectivity index (χ1n) is 9.40. The molecule has 0 aromatic heterocycles. The van der Waals surface area contributed by atoms with Crippen LogP contribution >= 0.6 is 11.6 Å². The van der Waals surface area contributed by atoms with Crippen LogP contribution in [0.2, 0.25) is 5.02 Å². The van der Waals surface area contributed by atoms with Crippen molar-refractivity contribution >= 4 is 27.3 Å². The van der Waals surface area contributed by atoms with Crippen molar-refractivity contribution in [3.05, 3.63) is 57.1 Å². The number of nitro groups is 1. The molecule has 0 N–H and O–H groups in total. The minimum absolute atomic E-state index is 0.0620. The molecule has 0 spiro atoms. The van der Waals surface area contributed by atoms with E-state index in [4.69, 9.17) is 16.3 Å². The van der Waals surface area contributed by atoms with E-state index in [1.54, 1.807) is 12.1 Å². The van der Waals surface area contributed by atoms with E-state index in [9.17, 15) is 27.3 Å². The van der Waals surface area contributed by atoms with Crippen molar-refractivity contribution in [3.8, 4) is 11.5 Å². The standard InChI is InChI=1S/C19H20ClF2N3O6S/c1-30-17-9-13(16(25(26)27)11-18(17)31-19(21)22)12-23-5-7-24(8-6-23)32(28,29)15-4-2-3-14(20)10-15/h2-4,9-11,19H,5-8,12H2,1H3. The molecule has 0 saturated carbocycles. The van der Waals surface area contributed by atoms with Crippen molar-refractivity contribution in [1.29, 1.82) is 0 Å². The number of sulfonamides is 1. The van der Waals surface area contributed by atoms with Gasteiger partial charge in [0.15, 0.2) is 11.5 Å². The first-order valence-corrected chi connectivity index (χ1v) is 11.2. The van der Waals surface area contributed by atoms with Crippen LogP contribution in [0, 0.1) is 10.1 Å². The Kier molecular flexibility index (Phi) is 7.49. The number of hydrogen-bond donors (Lipinski definition) is 0. The normalized spacial score (nSPS) is 15.7. The number of rotatable bonds is 8. The number of hydrogen-bond acceptors (Lipinski definition) is 7. The smallest absolute Gasteiger partial charge is 0.387 e. The summed E-state index contributed by atoms with van der Waals surface area (Å²) in [5.41, 5.74) is -0.157. The maximum Gasteiger partial charge on any atom is 0.387 e. The van der Waals surface area contributed by atoms with Gasteiger partial charge >= 0.3 is 6.61 Å². The van der Waals surface area contributed by atoms with Crippen LogP contribution in [0.25, 0.3) is 0 Å². The summed E-state index contributed by atoms with van der Waals surface area (Å²) in [5, 5.41) is 11.8. The van der Waals surface area contributed by atoms with Gasteiger partial charge in [-0.05, 0) is 24.3 Å². The van der Waals surface area contributed by atoms with E-state index in [1.807, 2.05) is 4.90 Å². The van der Waals surface area contributed by atoms with Gasteiger partial charge in [0.05, 0.1) is 23.0 Å². The van der Waals surface area contributed by atoms with Gasteiger partial charge in [-0.1, -0.05) is 17.7 Å². The monoisotopic (exact) mass is 491 g/mol. The molecule has 0 aliphatic carbocycles. The maximum atomic E-state index is 12.8. The van der Waals surface area contributed by atoms with Crippen LogP contribution in [-0.4, -0.2) is 62.4 Å². The van der Waals surface area contributed by atoms with Gasteiger partial charge in [-0.2, -0.15) is 13.1 Å². The van der Waals surface area contributed by atoms with Crippen molar-refractivity contribution in [2.75, 3.05) is 33.3 Å². The predicted octanol–water partition coefficient (Wildman–Crippen LogP) is 3.36. The van der Waals surface area contributed by atoms with E-state index in [0.29, 0.717) is 18.1 Å². The Morgan fingerprint density at radius 1 is 1.16 bits per heavy atom. The van der Waals surface area contributed by atoms with Crippen LogP contribution in [0.4, 0.5) is 14.5 Å². The average Bonchev–Trinajstić information content (AvgIpc) is 2.74. The fourth-order valence-corrected chi connectivity index (χ4v) is 5.10. The Morgan fingerprint density at radius 3 is 2.41 bits per heavy atom. The predicted molar refractivity (Wildman–Crippen MR) is 112 cm³/mol. The van der Waals surface area contributed by atoms with Crippen molar-refractivity contribution < 1.29 is 31.6 Å². The summed E-state index contributed by atoms with van der Waals surface area (Å²) in [6, 6.07) is 8.16. The summed E-state index contributed by atoms with van der Waals surface area (Å²) in [4.78, 5) is 12.7. The number of nitrogens with zero attached hydrogens (tertiary/aromatic N) is 3. The fraction of sp³-hybridized carbons (Fsp3) is 0.368. The molecule has 0 unspecified atom stereocenters. The molecule has 1 fully saturated rings. The summed E-state index contributed by atoms with van der Waals surface area (Å²) in [6.45, 7) is -2.09. The summed E-state index contributed by atoms with van der Waals surface area (Å²) in [6.07, 6.45) is 0. The highest BCUT2D eigenvalue weighted by molar-refractivity contribution is 7.89. The molecule has 0 atom stereocenters. The third-order valence-corrected chi connectivity index (χ3v) is 7.07. The summed E-state index contributed by atoms with van der Waals surface area (Å²) in [7, 11) is -2.49. The summed E-state index contributed by atoms with van der Waals surface area (Å²) < 4.78 is 61.5. The van der Waals surface area contributed by atoms with Gasteiger partial charge in [0.1, 0.15) is 0 Å². The van der Waals surface area contributed by atoms with E-state index in [2.05, 4.69) is 4.74 Å². The molecule has 0 bridgehead atoms. The maximum absolute atomic E-state index is 12.8. The molecule has 1 aliphatic rings. The lowest BCUT2D eigenvalue weighted by Gasteiger charge is -2.34. The van der Waals surface area contributed by atoms with E-state index in [0.717, 1.165) is 6.07 Å². The zero-order valence-corrected chi connectivity index (χ0v) is 18.5. The Bertz CT molecular complexity index is 1090. The molecule has 174 valence electrons. The number of halogens is 3. The molecule has 2 aromatic rings. The number of alkyl halides is 2. The number of piperazine rings is 1. The quantitative estimate of drug-likeness (QED) is 0.412. The lowest BCUT2D eigenvalue weighted by Crippen LogP contribution is -2.48. The Morgan fingerprint density at radius 2 is 1.84 bits per heavy atom. The van der Waals surface area contributed by atoms with Gasteiger partial charge in [0.2, 0.25) is 10.0 Å². The highest BCUT2D eigenvalue weighted by atomic mass is 35.5. The third-order valence-electron chi connectivity index (χ3n) is 4.94. The van der Waals surface area contributed by atoms with Crippen LogP contribution in [0.5, 0.6) is 11.5 Å². The van der Waals surface area contributed by atoms with Crippen LogP contribution < -0.4 is 9.47 Å². The number of methoxy groups -OCH3 is 1. The van der Waals surface area contributed by atoms with Crippen molar-refractivity contribution in [3.63, 3.8) is 0 Å². The molecular weight excluding hydrogens is 472 g/mol. The molecule has 9 nitrogen and oxygen atoms in total. The largest absolute Gasteiger partial charge is 0.493 e. The molecule has 13 heteroatoms. The minimum Gasteiger partial charge on any atom is -0.493 e. The van der Waals surface area contributed by atoms with Gasteiger partial charge in [-0.15, -0.1) is 0 Å². The number of benzene rings is 2. The highest BCUT2D eigenvalue weighted by Crippen LogP contribution is 2.36. The van der Waals surface area contributed by atoms with Gasteiger partial charge in [-0.25, -0.2) is 8.42 Å². The highest BCUT2D eigenvalue weighted by Gasteiger charge is 2.30. The topological polar surface area (TPSA) is 102 Å². The Hall–Kier alpha value is -2.54. The molecule has 1 saturated heterocycles. The second-order valence-corrected chi connectivity index (χ2v) is 9.28. The first kappa shape index (κ1) is 24.1. The minimum atomic E-state index is -3.72. The molecule has 0 radical (unpaired) electrons. The van der Waals surface area contributed by atoms with E-state index < -0.39 is 33.0 Å². The third kappa shape index (κ3) is 5.44. The van der Waals surface area contributed by atoms with Gasteiger partial charge in [0.25, 0.3) is 5.69 Å². The van der Waals surface area contributed by atoms with Gasteiger partial charge in [0, 0.05) is 43.3 Å². The van der Waals surface area contributed by atoms with Crippen LogP contribution in [0.15, 0.2) is 41.3 Å². The lowest BCUT2D eigenvalue weighted by atomic mass is 10.1. The molecular formula is C19H20ClF2N3O6S. The number of nitro benzene ring substituents is 1. The van der Waals surface area contributed by atoms with E-state index >= 15 is 0 Å².